The molecule has 0 bridgehead atoms. The monoisotopic (exact) mass is 337 g/mol. The number of hydrogen-bond donors (Lipinski definition) is 1. The lowest BCUT2D eigenvalue weighted by atomic mass is 10.1. The van der Waals surface area contributed by atoms with Gasteiger partial charge in [-0.3, -0.25) is 14.6 Å². The molecule has 0 aromatic heterocycles. The van der Waals surface area contributed by atoms with Gasteiger partial charge in [0.25, 0.3) is 0 Å². The molecule has 1 amide bonds. The Morgan fingerprint density at radius 2 is 1.71 bits per heavy atom. The Hall–Kier alpha value is -1.50. The van der Waals surface area contributed by atoms with Crippen molar-refractivity contribution in [2.24, 2.45) is 0 Å². The maximum atomic E-state index is 13.0. The maximum absolute atomic E-state index is 13.0. The average molecular weight is 337 g/mol. The number of rotatable bonds is 6. The van der Waals surface area contributed by atoms with Crippen LogP contribution < -0.4 is 0 Å². The summed E-state index contributed by atoms with van der Waals surface area (Å²) in [5.41, 5.74) is 0.925. The van der Waals surface area contributed by atoms with Crippen LogP contribution in [0, 0.1) is 5.82 Å². The van der Waals surface area contributed by atoms with Crippen LogP contribution in [0.3, 0.4) is 0 Å². The number of aliphatic hydroxyl groups excluding tert-OH is 1. The molecule has 0 unspecified atom stereocenters. The van der Waals surface area contributed by atoms with Crippen molar-refractivity contribution in [3.05, 3.63) is 35.6 Å². The number of likely N-dealkylation sites (N-methyl/N-ethyl adjacent to an activating group) is 1. The Labute approximate surface area is 143 Å². The molecule has 0 spiro atoms. The third kappa shape index (κ3) is 5.26. The largest absolute Gasteiger partial charge is 0.392 e. The number of piperazine rings is 1. The number of carbonyl (C=O) groups excluding carboxylic acids is 1. The van der Waals surface area contributed by atoms with E-state index in [0.717, 1.165) is 31.7 Å². The normalized spacial score (nSPS) is 19.0. The predicted molar refractivity (Wildman–Crippen MR) is 92.1 cm³/mol. The number of carbonyl (C=O) groups is 1. The Bertz CT molecular complexity index is 528. The number of halogens is 1. The van der Waals surface area contributed by atoms with Gasteiger partial charge < -0.3 is 10.0 Å². The van der Waals surface area contributed by atoms with Gasteiger partial charge in [0, 0.05) is 39.8 Å². The first-order valence-electron chi connectivity index (χ1n) is 8.50. The van der Waals surface area contributed by atoms with Crippen molar-refractivity contribution in [2.75, 3.05) is 46.3 Å². The molecule has 1 aromatic rings. The first-order chi connectivity index (χ1) is 11.4. The second-order valence-electron chi connectivity index (χ2n) is 6.66. The van der Waals surface area contributed by atoms with Crippen LogP contribution in [0.4, 0.5) is 4.39 Å². The number of aliphatic hydroxyl groups is 1. The summed E-state index contributed by atoms with van der Waals surface area (Å²) in [7, 11) is 1.79. The summed E-state index contributed by atoms with van der Waals surface area (Å²) in [6.45, 7) is 8.22. The molecule has 24 heavy (non-hydrogen) atoms. The van der Waals surface area contributed by atoms with E-state index >= 15 is 0 Å². The van der Waals surface area contributed by atoms with Crippen LogP contribution in [0.25, 0.3) is 0 Å². The van der Waals surface area contributed by atoms with E-state index in [0.29, 0.717) is 13.1 Å². The van der Waals surface area contributed by atoms with Crippen molar-refractivity contribution in [1.82, 2.24) is 14.7 Å². The van der Waals surface area contributed by atoms with Crippen molar-refractivity contribution < 1.29 is 14.3 Å². The zero-order chi connectivity index (χ0) is 17.7. The fourth-order valence-corrected chi connectivity index (χ4v) is 2.99. The topological polar surface area (TPSA) is 47.0 Å². The maximum Gasteiger partial charge on any atom is 0.236 e. The van der Waals surface area contributed by atoms with E-state index in [-0.39, 0.29) is 23.9 Å². The van der Waals surface area contributed by atoms with Crippen LogP contribution in [-0.4, -0.2) is 78.1 Å². The van der Waals surface area contributed by atoms with Crippen LogP contribution in [0.5, 0.6) is 0 Å². The number of benzene rings is 1. The van der Waals surface area contributed by atoms with Crippen molar-refractivity contribution in [3.8, 4) is 0 Å². The van der Waals surface area contributed by atoms with E-state index in [1.165, 1.54) is 12.1 Å². The van der Waals surface area contributed by atoms with E-state index in [1.807, 2.05) is 6.92 Å². The summed E-state index contributed by atoms with van der Waals surface area (Å²) in [6, 6.07) is 6.20. The molecule has 1 aliphatic heterocycles. The van der Waals surface area contributed by atoms with Gasteiger partial charge in [0.05, 0.1) is 18.7 Å². The molecule has 0 radical (unpaired) electrons. The lowest BCUT2D eigenvalue weighted by Crippen LogP contribution is -2.51. The Kier molecular flexibility index (Phi) is 6.71. The molecule has 5 nitrogen and oxygen atoms in total. The third-order valence-electron chi connectivity index (χ3n) is 4.67. The molecule has 1 N–H and O–H groups in total. The first-order valence-corrected chi connectivity index (χ1v) is 8.50. The smallest absolute Gasteiger partial charge is 0.236 e. The van der Waals surface area contributed by atoms with Crippen molar-refractivity contribution in [2.45, 2.75) is 26.0 Å². The van der Waals surface area contributed by atoms with Gasteiger partial charge in [-0.05, 0) is 31.5 Å². The number of amides is 1. The summed E-state index contributed by atoms with van der Waals surface area (Å²) >= 11 is 0. The standard InChI is InChI=1S/C18H28FN3O2/c1-14(23)12-21-8-10-22(11-9-21)13-18(24)20(3)15(2)16-4-6-17(19)7-5-16/h4-7,14-15,23H,8-13H2,1-3H3/t14-,15+/m0/s1. The van der Waals surface area contributed by atoms with Crippen LogP contribution in [0.15, 0.2) is 24.3 Å². The Balaban J connectivity index is 1.82. The Morgan fingerprint density at radius 3 is 2.25 bits per heavy atom. The highest BCUT2D eigenvalue weighted by Gasteiger charge is 2.23. The summed E-state index contributed by atoms with van der Waals surface area (Å²) < 4.78 is 13.0. The van der Waals surface area contributed by atoms with Gasteiger partial charge in [-0.1, -0.05) is 12.1 Å². The third-order valence-corrected chi connectivity index (χ3v) is 4.67. The van der Waals surface area contributed by atoms with E-state index in [2.05, 4.69) is 9.80 Å². The summed E-state index contributed by atoms with van der Waals surface area (Å²) in [6.07, 6.45) is -0.319. The van der Waals surface area contributed by atoms with E-state index < -0.39 is 0 Å². The van der Waals surface area contributed by atoms with Gasteiger partial charge in [0.15, 0.2) is 0 Å². The second kappa shape index (κ2) is 8.55. The summed E-state index contributed by atoms with van der Waals surface area (Å²) in [4.78, 5) is 18.6. The SMILES string of the molecule is C[C@H](O)CN1CCN(CC(=O)N(C)[C@H](C)c2ccc(F)cc2)CC1. The summed E-state index contributed by atoms with van der Waals surface area (Å²) in [5, 5.41) is 9.44. The van der Waals surface area contributed by atoms with Gasteiger partial charge in [0.2, 0.25) is 5.91 Å². The van der Waals surface area contributed by atoms with Crippen LogP contribution in [0.2, 0.25) is 0 Å². The molecule has 1 heterocycles. The van der Waals surface area contributed by atoms with Gasteiger partial charge in [-0.15, -0.1) is 0 Å². The molecule has 1 fully saturated rings. The lowest BCUT2D eigenvalue weighted by molar-refractivity contribution is -0.133. The highest BCUT2D eigenvalue weighted by atomic mass is 19.1. The molecule has 2 atom stereocenters. The highest BCUT2D eigenvalue weighted by Crippen LogP contribution is 2.19. The van der Waals surface area contributed by atoms with Gasteiger partial charge >= 0.3 is 0 Å². The lowest BCUT2D eigenvalue weighted by Gasteiger charge is -2.36. The fraction of sp³-hybridized carbons (Fsp3) is 0.611. The van der Waals surface area contributed by atoms with Crippen LogP contribution in [0.1, 0.15) is 25.5 Å². The quantitative estimate of drug-likeness (QED) is 0.851. The number of hydrogen-bond acceptors (Lipinski definition) is 4. The van der Waals surface area contributed by atoms with E-state index in [9.17, 15) is 14.3 Å². The van der Waals surface area contributed by atoms with E-state index in [1.54, 1.807) is 31.0 Å². The summed E-state index contributed by atoms with van der Waals surface area (Å²) in [5.74, 6) is -0.203. The van der Waals surface area contributed by atoms with Crippen molar-refractivity contribution >= 4 is 5.91 Å². The molecule has 134 valence electrons. The van der Waals surface area contributed by atoms with Crippen molar-refractivity contribution in [1.29, 1.82) is 0 Å². The molecule has 1 aromatic carbocycles. The van der Waals surface area contributed by atoms with Gasteiger partial charge in [0.1, 0.15) is 5.82 Å². The molecule has 1 saturated heterocycles. The molecular formula is C18H28FN3O2. The fourth-order valence-electron chi connectivity index (χ4n) is 2.99. The molecule has 1 aliphatic rings. The van der Waals surface area contributed by atoms with Gasteiger partial charge in [-0.25, -0.2) is 4.39 Å². The predicted octanol–water partition coefficient (Wildman–Crippen LogP) is 1.34. The van der Waals surface area contributed by atoms with Gasteiger partial charge in [-0.2, -0.15) is 0 Å². The molecule has 6 heteroatoms. The van der Waals surface area contributed by atoms with Crippen molar-refractivity contribution in [3.63, 3.8) is 0 Å². The molecular weight excluding hydrogens is 309 g/mol. The molecule has 0 aliphatic carbocycles. The zero-order valence-electron chi connectivity index (χ0n) is 14.8. The minimum atomic E-state index is -0.319. The number of nitrogens with zero attached hydrogens (tertiary/aromatic N) is 3. The minimum Gasteiger partial charge on any atom is -0.392 e. The second-order valence-corrected chi connectivity index (χ2v) is 6.66. The molecule has 0 saturated carbocycles. The minimum absolute atomic E-state index is 0.0656. The average Bonchev–Trinajstić information content (AvgIpc) is 2.55. The Morgan fingerprint density at radius 1 is 1.17 bits per heavy atom. The number of β-amino-alcohol motifs (C(OH)–C–C–N with tert-alkyl or cyclic N) is 1. The first kappa shape index (κ1) is 18.8. The van der Waals surface area contributed by atoms with Crippen LogP contribution >= 0.6 is 0 Å². The molecule has 2 rings (SSSR count). The zero-order valence-corrected chi connectivity index (χ0v) is 14.8. The van der Waals surface area contributed by atoms with Crippen LogP contribution in [-0.2, 0) is 4.79 Å². The highest BCUT2D eigenvalue weighted by molar-refractivity contribution is 5.78. The van der Waals surface area contributed by atoms with E-state index in [4.69, 9.17) is 0 Å².